The molecule has 3 aromatic rings. The molecule has 1 aromatic heterocycles. The van der Waals surface area contributed by atoms with E-state index in [0.717, 1.165) is 11.3 Å². The van der Waals surface area contributed by atoms with Gasteiger partial charge in [-0.2, -0.15) is 10.1 Å². The number of H-pyrrole nitrogens is 1. The van der Waals surface area contributed by atoms with E-state index in [-0.39, 0.29) is 17.4 Å². The van der Waals surface area contributed by atoms with Crippen LogP contribution in [0.2, 0.25) is 0 Å². The number of nitrogens with zero attached hydrogens (tertiary/aromatic N) is 3. The van der Waals surface area contributed by atoms with E-state index in [9.17, 15) is 9.90 Å². The molecule has 11 heteroatoms. The van der Waals surface area contributed by atoms with Crippen molar-refractivity contribution in [3.05, 3.63) is 53.6 Å². The highest BCUT2D eigenvalue weighted by Crippen LogP contribution is 2.28. The van der Waals surface area contributed by atoms with E-state index in [1.165, 1.54) is 25.1 Å². The molecule has 3 rings (SSSR count). The molecule has 4 N–H and O–H groups in total. The number of aromatic amines is 1. The molecule has 1 heterocycles. The molecule has 0 aliphatic carbocycles. The predicted molar refractivity (Wildman–Crippen MR) is 118 cm³/mol. The maximum atomic E-state index is 12.0. The molecule has 0 unspecified atom stereocenters. The molecule has 0 fully saturated rings. The van der Waals surface area contributed by atoms with Crippen LogP contribution in [0.3, 0.4) is 0 Å². The fourth-order valence-electron chi connectivity index (χ4n) is 2.46. The van der Waals surface area contributed by atoms with Crippen molar-refractivity contribution in [3.8, 4) is 17.2 Å². The SMILES string of the molecule is COc1ccc(CNC(=O)CSc2n[nH]c(N/N=C\c3cccc(OC)c3O)n2)cc1. The second-order valence-corrected chi connectivity index (χ2v) is 7.09. The van der Waals surface area contributed by atoms with Gasteiger partial charge in [-0.1, -0.05) is 30.0 Å². The minimum Gasteiger partial charge on any atom is -0.504 e. The molecule has 0 aliphatic rings. The zero-order valence-electron chi connectivity index (χ0n) is 17.0. The van der Waals surface area contributed by atoms with Gasteiger partial charge in [0.1, 0.15) is 5.75 Å². The van der Waals surface area contributed by atoms with Crippen molar-refractivity contribution in [1.82, 2.24) is 20.5 Å². The molecule has 0 radical (unpaired) electrons. The third kappa shape index (κ3) is 6.37. The van der Waals surface area contributed by atoms with Crippen LogP contribution in [0.1, 0.15) is 11.1 Å². The molecule has 0 atom stereocenters. The first-order chi connectivity index (χ1) is 15.1. The van der Waals surface area contributed by atoms with Crippen molar-refractivity contribution in [2.24, 2.45) is 5.10 Å². The molecule has 10 nitrogen and oxygen atoms in total. The average Bonchev–Trinajstić information content (AvgIpc) is 3.25. The number of benzene rings is 2. The summed E-state index contributed by atoms with van der Waals surface area (Å²) in [5.74, 6) is 1.46. The standard InChI is InChI=1S/C20H22N6O4S/c1-29-15-8-6-13(7-9-15)10-21-17(27)12-31-20-23-19(25-26-20)24-22-11-14-4-3-5-16(30-2)18(14)28/h3-9,11,28H,10,12H2,1-2H3,(H,21,27)(H2,23,24,25,26)/b22-11-. The summed E-state index contributed by atoms with van der Waals surface area (Å²) in [4.78, 5) is 16.2. The van der Waals surface area contributed by atoms with Gasteiger partial charge in [0.2, 0.25) is 17.0 Å². The van der Waals surface area contributed by atoms with E-state index in [0.29, 0.717) is 29.0 Å². The van der Waals surface area contributed by atoms with Gasteiger partial charge < -0.3 is 19.9 Å². The highest BCUT2D eigenvalue weighted by atomic mass is 32.2. The largest absolute Gasteiger partial charge is 0.504 e. The van der Waals surface area contributed by atoms with Crippen LogP contribution in [0, 0.1) is 0 Å². The van der Waals surface area contributed by atoms with Gasteiger partial charge in [-0.05, 0) is 29.8 Å². The van der Waals surface area contributed by atoms with Gasteiger partial charge in [0.05, 0.1) is 26.2 Å². The number of nitrogens with one attached hydrogen (secondary N) is 3. The van der Waals surface area contributed by atoms with E-state index in [4.69, 9.17) is 9.47 Å². The van der Waals surface area contributed by atoms with Crippen LogP contribution in [0.4, 0.5) is 5.95 Å². The number of ether oxygens (including phenoxy) is 2. The number of phenolic OH excluding ortho intramolecular Hbond substituents is 1. The van der Waals surface area contributed by atoms with Gasteiger partial charge in [-0.3, -0.25) is 4.79 Å². The second kappa shape index (κ2) is 10.9. The number of phenols is 1. The highest BCUT2D eigenvalue weighted by molar-refractivity contribution is 7.99. The number of para-hydroxylation sites is 1. The van der Waals surface area contributed by atoms with Crippen LogP contribution in [0.15, 0.2) is 52.7 Å². The monoisotopic (exact) mass is 442 g/mol. The Kier molecular flexibility index (Phi) is 7.71. The van der Waals surface area contributed by atoms with Crippen molar-refractivity contribution in [3.63, 3.8) is 0 Å². The first kappa shape index (κ1) is 22.0. The van der Waals surface area contributed by atoms with Gasteiger partial charge in [-0.25, -0.2) is 10.5 Å². The number of hydrogen-bond acceptors (Lipinski definition) is 9. The van der Waals surface area contributed by atoms with E-state index in [2.05, 4.69) is 31.0 Å². The van der Waals surface area contributed by atoms with Crippen LogP contribution in [0.5, 0.6) is 17.2 Å². The molecule has 2 aromatic carbocycles. The summed E-state index contributed by atoms with van der Waals surface area (Å²) in [5.41, 5.74) is 4.14. The van der Waals surface area contributed by atoms with Gasteiger partial charge in [-0.15, -0.1) is 5.10 Å². The summed E-state index contributed by atoms with van der Waals surface area (Å²) in [7, 11) is 3.08. The molecule has 0 aliphatic heterocycles. The minimum atomic E-state index is -0.133. The summed E-state index contributed by atoms with van der Waals surface area (Å²) in [6.45, 7) is 0.427. The molecule has 0 saturated carbocycles. The number of carbonyl (C=O) groups is 1. The Labute approximate surface area is 183 Å². The first-order valence-corrected chi connectivity index (χ1v) is 10.2. The quantitative estimate of drug-likeness (QED) is 0.214. The van der Waals surface area contributed by atoms with Crippen molar-refractivity contribution in [2.75, 3.05) is 25.4 Å². The summed E-state index contributed by atoms with van der Waals surface area (Å²) in [6.07, 6.45) is 1.43. The maximum Gasteiger partial charge on any atom is 0.240 e. The smallest absolute Gasteiger partial charge is 0.240 e. The number of methoxy groups -OCH3 is 2. The van der Waals surface area contributed by atoms with Gasteiger partial charge in [0.15, 0.2) is 11.5 Å². The van der Waals surface area contributed by atoms with Crippen molar-refractivity contribution in [1.29, 1.82) is 0 Å². The van der Waals surface area contributed by atoms with E-state index in [1.807, 2.05) is 24.3 Å². The lowest BCUT2D eigenvalue weighted by Crippen LogP contribution is -2.24. The first-order valence-electron chi connectivity index (χ1n) is 9.19. The lowest BCUT2D eigenvalue weighted by molar-refractivity contribution is -0.118. The number of aromatic nitrogens is 3. The van der Waals surface area contributed by atoms with Crippen LogP contribution in [-0.2, 0) is 11.3 Å². The Hall–Kier alpha value is -3.73. The molecule has 0 spiro atoms. The van der Waals surface area contributed by atoms with E-state index in [1.54, 1.807) is 25.3 Å². The van der Waals surface area contributed by atoms with Crippen molar-refractivity contribution >= 4 is 29.8 Å². The number of hydrazone groups is 1. The Morgan fingerprint density at radius 2 is 2.03 bits per heavy atom. The Balaban J connectivity index is 1.43. The topological polar surface area (TPSA) is 134 Å². The third-order valence-corrected chi connectivity index (χ3v) is 4.92. The van der Waals surface area contributed by atoms with E-state index >= 15 is 0 Å². The van der Waals surface area contributed by atoms with Crippen LogP contribution >= 0.6 is 11.8 Å². The molecule has 31 heavy (non-hydrogen) atoms. The van der Waals surface area contributed by atoms with Crippen LogP contribution in [-0.4, -0.2) is 52.4 Å². The average molecular weight is 443 g/mol. The summed E-state index contributed by atoms with van der Waals surface area (Å²) in [5, 5.41) is 24.0. The zero-order chi connectivity index (χ0) is 22.1. The number of hydrogen-bond donors (Lipinski definition) is 4. The van der Waals surface area contributed by atoms with Crippen molar-refractivity contribution < 1.29 is 19.4 Å². The fraction of sp³-hybridized carbons (Fsp3) is 0.200. The number of aromatic hydroxyl groups is 1. The molecule has 1 amide bonds. The lowest BCUT2D eigenvalue weighted by atomic mass is 10.2. The Morgan fingerprint density at radius 3 is 2.77 bits per heavy atom. The number of thioether (sulfide) groups is 1. The fourth-order valence-corrected chi connectivity index (χ4v) is 3.09. The molecular formula is C20H22N6O4S. The van der Waals surface area contributed by atoms with Gasteiger partial charge >= 0.3 is 0 Å². The van der Waals surface area contributed by atoms with Crippen molar-refractivity contribution in [2.45, 2.75) is 11.7 Å². The summed E-state index contributed by atoms with van der Waals surface area (Å²) >= 11 is 1.19. The second-order valence-electron chi connectivity index (χ2n) is 6.15. The Bertz CT molecular complexity index is 1040. The van der Waals surface area contributed by atoms with Gasteiger partial charge in [0.25, 0.3) is 0 Å². The lowest BCUT2D eigenvalue weighted by Gasteiger charge is -2.05. The maximum absolute atomic E-state index is 12.0. The molecule has 162 valence electrons. The number of carbonyl (C=O) groups excluding carboxylic acids is 1. The number of amides is 1. The molecule has 0 saturated heterocycles. The Morgan fingerprint density at radius 1 is 1.23 bits per heavy atom. The number of rotatable bonds is 10. The predicted octanol–water partition coefficient (Wildman–Crippen LogP) is 2.38. The summed E-state index contributed by atoms with van der Waals surface area (Å²) < 4.78 is 10.2. The third-order valence-electron chi connectivity index (χ3n) is 4.07. The van der Waals surface area contributed by atoms with Crippen LogP contribution < -0.4 is 20.2 Å². The molecule has 0 bridgehead atoms. The van der Waals surface area contributed by atoms with E-state index < -0.39 is 0 Å². The highest BCUT2D eigenvalue weighted by Gasteiger charge is 2.08. The minimum absolute atomic E-state index is 0.00924. The zero-order valence-corrected chi connectivity index (χ0v) is 17.8. The van der Waals surface area contributed by atoms with Gasteiger partial charge in [0, 0.05) is 12.1 Å². The molecular weight excluding hydrogens is 420 g/mol. The summed E-state index contributed by atoms with van der Waals surface area (Å²) in [6, 6.07) is 12.6. The van der Waals surface area contributed by atoms with Crippen LogP contribution in [0.25, 0.3) is 0 Å². The number of anilines is 1. The normalized spacial score (nSPS) is 10.8.